The lowest BCUT2D eigenvalue weighted by atomic mass is 10.0. The van der Waals surface area contributed by atoms with Crippen molar-refractivity contribution in [2.24, 2.45) is 0 Å². The first kappa shape index (κ1) is 20.9. The molecular formula is C24H13F4N7. The van der Waals surface area contributed by atoms with Gasteiger partial charge in [0.2, 0.25) is 5.95 Å². The van der Waals surface area contributed by atoms with E-state index in [1.165, 1.54) is 24.7 Å². The van der Waals surface area contributed by atoms with E-state index in [1.807, 2.05) is 0 Å². The molecule has 11 heteroatoms. The van der Waals surface area contributed by atoms with Crippen molar-refractivity contribution in [3.63, 3.8) is 0 Å². The number of nitrogens with one attached hydrogen (secondary N) is 1. The zero-order valence-electron chi connectivity index (χ0n) is 17.9. The van der Waals surface area contributed by atoms with Crippen molar-refractivity contribution in [2.75, 3.05) is 0 Å². The number of nitrogens with zero attached hydrogens (tertiary/aromatic N) is 6. The van der Waals surface area contributed by atoms with Gasteiger partial charge in [0, 0.05) is 23.5 Å². The molecule has 7 nitrogen and oxygen atoms in total. The highest BCUT2D eigenvalue weighted by atomic mass is 19.2. The molecule has 0 amide bonds. The van der Waals surface area contributed by atoms with Gasteiger partial charge in [-0.1, -0.05) is 0 Å². The number of imidazole rings is 1. The van der Waals surface area contributed by atoms with E-state index in [4.69, 9.17) is 0 Å². The molecule has 6 rings (SSSR count). The molecular weight excluding hydrogens is 462 g/mol. The van der Waals surface area contributed by atoms with Gasteiger partial charge in [-0.2, -0.15) is 4.39 Å². The summed E-state index contributed by atoms with van der Waals surface area (Å²) in [5, 5.41) is 7.81. The van der Waals surface area contributed by atoms with Crippen LogP contribution in [-0.2, 0) is 0 Å². The van der Waals surface area contributed by atoms with Crippen LogP contribution in [0, 0.1) is 30.3 Å². The van der Waals surface area contributed by atoms with E-state index >= 15 is 0 Å². The molecule has 6 aromatic rings. The number of aryl methyl sites for hydroxylation is 1. The van der Waals surface area contributed by atoms with Crippen LogP contribution in [0.25, 0.3) is 50.1 Å². The Balaban J connectivity index is 1.75. The number of pyridine rings is 2. The number of aromatic nitrogens is 7. The van der Waals surface area contributed by atoms with Crippen LogP contribution in [0.3, 0.4) is 0 Å². The molecule has 0 saturated carbocycles. The molecule has 4 aromatic heterocycles. The number of halogens is 4. The lowest BCUT2D eigenvalue weighted by molar-refractivity contribution is 0.482. The third kappa shape index (κ3) is 3.15. The van der Waals surface area contributed by atoms with Gasteiger partial charge in [0.25, 0.3) is 0 Å². The number of rotatable bonds is 3. The molecule has 35 heavy (non-hydrogen) atoms. The Bertz CT molecular complexity index is 1760. The minimum absolute atomic E-state index is 0.0392. The lowest BCUT2D eigenvalue weighted by Gasteiger charge is -2.13. The van der Waals surface area contributed by atoms with Gasteiger partial charge in [-0.3, -0.25) is 9.55 Å². The first-order chi connectivity index (χ1) is 16.9. The van der Waals surface area contributed by atoms with E-state index in [1.54, 1.807) is 23.6 Å². The minimum Gasteiger partial charge on any atom is -0.327 e. The van der Waals surface area contributed by atoms with Crippen molar-refractivity contribution < 1.29 is 17.6 Å². The summed E-state index contributed by atoms with van der Waals surface area (Å²) >= 11 is 0. The summed E-state index contributed by atoms with van der Waals surface area (Å²) in [6, 6.07) is 8.10. The molecule has 0 saturated heterocycles. The number of benzene rings is 2. The molecule has 172 valence electrons. The molecule has 0 unspecified atom stereocenters. The zero-order valence-corrected chi connectivity index (χ0v) is 17.9. The standard InChI is InChI=1S/C24H13F4N7/c1-11-33-21-14(24-31-10-32-34-24)8-12(13-4-6-30-23(28)20(13)27)9-18(21)35(11)17-5-7-29-22-16(26)3-2-15(25)19(17)22/h2-10H,1H3,(H,31,32,34). The summed E-state index contributed by atoms with van der Waals surface area (Å²) < 4.78 is 59.7. The summed E-state index contributed by atoms with van der Waals surface area (Å²) in [7, 11) is 0. The first-order valence-corrected chi connectivity index (χ1v) is 10.4. The van der Waals surface area contributed by atoms with E-state index in [-0.39, 0.29) is 22.2 Å². The third-order valence-electron chi connectivity index (χ3n) is 5.77. The van der Waals surface area contributed by atoms with Crippen LogP contribution in [0.2, 0.25) is 0 Å². The summed E-state index contributed by atoms with van der Waals surface area (Å²) in [5.74, 6) is -2.93. The SMILES string of the molecule is Cc1nc2c(-c3nnc[nH]3)cc(-c3ccnc(F)c3F)cc2n1-c1ccnc2c(F)ccc(F)c12. The number of hydrogen-bond acceptors (Lipinski definition) is 5. The van der Waals surface area contributed by atoms with Gasteiger partial charge in [0.15, 0.2) is 11.6 Å². The number of aromatic amines is 1. The second-order valence-electron chi connectivity index (χ2n) is 7.77. The van der Waals surface area contributed by atoms with Gasteiger partial charge in [-0.15, -0.1) is 10.2 Å². The Kier molecular flexibility index (Phi) is 4.59. The number of fused-ring (bicyclic) bond motifs is 2. The van der Waals surface area contributed by atoms with Gasteiger partial charge in [0.05, 0.1) is 16.6 Å². The fourth-order valence-corrected chi connectivity index (χ4v) is 4.27. The summed E-state index contributed by atoms with van der Waals surface area (Å²) in [6.45, 7) is 1.69. The Morgan fingerprint density at radius 2 is 1.66 bits per heavy atom. The van der Waals surface area contributed by atoms with Gasteiger partial charge in [-0.05, 0) is 48.9 Å². The van der Waals surface area contributed by atoms with Crippen LogP contribution in [0.4, 0.5) is 17.6 Å². The highest BCUT2D eigenvalue weighted by Crippen LogP contribution is 2.37. The highest BCUT2D eigenvalue weighted by Gasteiger charge is 2.22. The lowest BCUT2D eigenvalue weighted by Crippen LogP contribution is -2.02. The molecule has 0 fully saturated rings. The van der Waals surface area contributed by atoms with E-state index in [0.717, 1.165) is 18.3 Å². The fraction of sp³-hybridized carbons (Fsp3) is 0.0417. The minimum atomic E-state index is -1.24. The Hall–Kier alpha value is -4.67. The summed E-state index contributed by atoms with van der Waals surface area (Å²) in [6.07, 6.45) is 3.90. The summed E-state index contributed by atoms with van der Waals surface area (Å²) in [4.78, 5) is 14.9. The Morgan fingerprint density at radius 3 is 2.46 bits per heavy atom. The van der Waals surface area contributed by atoms with Gasteiger partial charge in [-0.25, -0.2) is 23.1 Å². The van der Waals surface area contributed by atoms with E-state index < -0.39 is 23.4 Å². The average molecular weight is 475 g/mol. The molecule has 0 radical (unpaired) electrons. The fourth-order valence-electron chi connectivity index (χ4n) is 4.27. The second kappa shape index (κ2) is 7.69. The smallest absolute Gasteiger partial charge is 0.249 e. The maximum atomic E-state index is 14.9. The van der Waals surface area contributed by atoms with Crippen molar-refractivity contribution in [3.8, 4) is 28.2 Å². The molecule has 0 bridgehead atoms. The molecule has 4 heterocycles. The van der Waals surface area contributed by atoms with Crippen molar-refractivity contribution in [1.82, 2.24) is 34.7 Å². The molecule has 2 aromatic carbocycles. The van der Waals surface area contributed by atoms with Crippen LogP contribution < -0.4 is 0 Å². The predicted molar refractivity (Wildman–Crippen MR) is 120 cm³/mol. The van der Waals surface area contributed by atoms with E-state index in [9.17, 15) is 17.6 Å². The summed E-state index contributed by atoms with van der Waals surface area (Å²) in [5.41, 5.74) is 1.74. The van der Waals surface area contributed by atoms with E-state index in [0.29, 0.717) is 33.8 Å². The van der Waals surface area contributed by atoms with Crippen molar-refractivity contribution in [1.29, 1.82) is 0 Å². The average Bonchev–Trinajstić information content (AvgIpc) is 3.50. The molecule has 0 spiro atoms. The Morgan fingerprint density at radius 1 is 0.857 bits per heavy atom. The third-order valence-corrected chi connectivity index (χ3v) is 5.77. The van der Waals surface area contributed by atoms with Gasteiger partial charge in [0.1, 0.15) is 34.8 Å². The van der Waals surface area contributed by atoms with Crippen LogP contribution in [0.15, 0.2) is 55.1 Å². The quantitative estimate of drug-likeness (QED) is 0.278. The maximum absolute atomic E-state index is 14.9. The van der Waals surface area contributed by atoms with E-state index in [2.05, 4.69) is 30.1 Å². The van der Waals surface area contributed by atoms with Crippen molar-refractivity contribution in [3.05, 3.63) is 84.3 Å². The predicted octanol–water partition coefficient (Wildman–Crippen LogP) is 5.29. The highest BCUT2D eigenvalue weighted by molar-refractivity contribution is 5.98. The Labute approximate surface area is 194 Å². The first-order valence-electron chi connectivity index (χ1n) is 10.4. The van der Waals surface area contributed by atoms with Crippen LogP contribution in [0.5, 0.6) is 0 Å². The van der Waals surface area contributed by atoms with Gasteiger partial charge < -0.3 is 4.98 Å². The van der Waals surface area contributed by atoms with Gasteiger partial charge >= 0.3 is 0 Å². The van der Waals surface area contributed by atoms with Crippen molar-refractivity contribution >= 4 is 21.9 Å². The topological polar surface area (TPSA) is 85.2 Å². The molecule has 0 aliphatic carbocycles. The normalized spacial score (nSPS) is 11.6. The molecule has 1 N–H and O–H groups in total. The number of H-pyrrole nitrogens is 1. The second-order valence-corrected chi connectivity index (χ2v) is 7.77. The van der Waals surface area contributed by atoms with Crippen LogP contribution in [-0.4, -0.2) is 34.7 Å². The zero-order chi connectivity index (χ0) is 24.3. The largest absolute Gasteiger partial charge is 0.327 e. The maximum Gasteiger partial charge on any atom is 0.249 e. The monoisotopic (exact) mass is 475 g/mol. The molecule has 0 atom stereocenters. The van der Waals surface area contributed by atoms with Crippen LogP contribution >= 0.6 is 0 Å². The molecule has 0 aliphatic rings. The molecule has 0 aliphatic heterocycles. The number of hydrogen-bond donors (Lipinski definition) is 1. The van der Waals surface area contributed by atoms with Crippen molar-refractivity contribution in [2.45, 2.75) is 6.92 Å². The van der Waals surface area contributed by atoms with Crippen LogP contribution in [0.1, 0.15) is 5.82 Å².